The van der Waals surface area contributed by atoms with Crippen molar-refractivity contribution in [2.45, 2.75) is 12.6 Å². The lowest BCUT2D eigenvalue weighted by Crippen LogP contribution is -2.35. The number of pyridine rings is 1. The summed E-state index contributed by atoms with van der Waals surface area (Å²) >= 11 is 5.94. The van der Waals surface area contributed by atoms with Crippen LogP contribution < -0.4 is 9.64 Å². The molecule has 1 fully saturated rings. The zero-order chi connectivity index (χ0) is 21.7. The Balaban J connectivity index is 1.64. The molecule has 0 atom stereocenters. The van der Waals surface area contributed by atoms with E-state index in [1.54, 1.807) is 17.0 Å². The number of carbonyl (C=O) groups is 1. The first-order chi connectivity index (χ1) is 14.3. The van der Waals surface area contributed by atoms with Crippen molar-refractivity contribution < 1.29 is 22.7 Å². The van der Waals surface area contributed by atoms with Crippen LogP contribution in [-0.2, 0) is 0 Å². The number of alkyl halides is 3. The Hall–Kier alpha value is -2.99. The third kappa shape index (κ3) is 5.54. The van der Waals surface area contributed by atoms with Gasteiger partial charge < -0.3 is 14.5 Å². The van der Waals surface area contributed by atoms with Gasteiger partial charge in [0.05, 0.1) is 17.2 Å². The van der Waals surface area contributed by atoms with Gasteiger partial charge in [-0.05, 0) is 36.8 Å². The van der Waals surface area contributed by atoms with Crippen molar-refractivity contribution in [2.24, 2.45) is 0 Å². The van der Waals surface area contributed by atoms with Crippen molar-refractivity contribution in [3.63, 3.8) is 0 Å². The smallest absolute Gasteiger partial charge is 0.422 e. The summed E-state index contributed by atoms with van der Waals surface area (Å²) in [4.78, 5) is 20.4. The predicted molar refractivity (Wildman–Crippen MR) is 105 cm³/mol. The van der Waals surface area contributed by atoms with Crippen LogP contribution in [0, 0.1) is 11.3 Å². The molecule has 0 saturated carbocycles. The van der Waals surface area contributed by atoms with E-state index >= 15 is 0 Å². The number of hydrogen-bond donors (Lipinski definition) is 0. The van der Waals surface area contributed by atoms with Crippen molar-refractivity contribution in [1.29, 1.82) is 5.26 Å². The molecule has 0 aliphatic carbocycles. The number of rotatable bonds is 4. The summed E-state index contributed by atoms with van der Waals surface area (Å²) in [6.07, 6.45) is -2.60. The summed E-state index contributed by atoms with van der Waals surface area (Å²) in [7, 11) is 0. The van der Waals surface area contributed by atoms with Gasteiger partial charge in [0.1, 0.15) is 5.02 Å². The molecule has 0 spiro atoms. The maximum Gasteiger partial charge on any atom is 0.422 e. The highest BCUT2D eigenvalue weighted by molar-refractivity contribution is 6.32. The Morgan fingerprint density at radius 3 is 2.57 bits per heavy atom. The molecule has 1 aromatic heterocycles. The maximum absolute atomic E-state index is 12.8. The molecule has 30 heavy (non-hydrogen) atoms. The second kappa shape index (κ2) is 9.22. The van der Waals surface area contributed by atoms with E-state index in [-0.39, 0.29) is 22.4 Å². The summed E-state index contributed by atoms with van der Waals surface area (Å²) in [6.45, 7) is 0.827. The van der Waals surface area contributed by atoms with Crippen LogP contribution >= 0.6 is 11.6 Å². The summed E-state index contributed by atoms with van der Waals surface area (Å²) in [5.41, 5.74) is 1.74. The van der Waals surface area contributed by atoms with Gasteiger partial charge in [-0.15, -0.1) is 0 Å². The Labute approximate surface area is 176 Å². The van der Waals surface area contributed by atoms with Crippen LogP contribution in [0.5, 0.6) is 5.88 Å². The normalized spacial score (nSPS) is 14.8. The molecule has 0 bridgehead atoms. The largest absolute Gasteiger partial charge is 0.467 e. The van der Waals surface area contributed by atoms with Gasteiger partial charge in [-0.2, -0.15) is 18.4 Å². The van der Waals surface area contributed by atoms with Gasteiger partial charge in [0, 0.05) is 38.1 Å². The monoisotopic (exact) mass is 438 g/mol. The molecule has 2 heterocycles. The Morgan fingerprint density at radius 2 is 1.93 bits per heavy atom. The summed E-state index contributed by atoms with van der Waals surface area (Å²) in [5.74, 6) is -0.665. The fourth-order valence-electron chi connectivity index (χ4n) is 3.11. The van der Waals surface area contributed by atoms with E-state index in [4.69, 9.17) is 16.9 Å². The Kier molecular flexibility index (Phi) is 6.67. The van der Waals surface area contributed by atoms with Gasteiger partial charge in [0.2, 0.25) is 5.88 Å². The van der Waals surface area contributed by atoms with Crippen LogP contribution in [-0.4, -0.2) is 54.8 Å². The number of aromatic nitrogens is 1. The van der Waals surface area contributed by atoms with E-state index < -0.39 is 12.8 Å². The summed E-state index contributed by atoms with van der Waals surface area (Å²) < 4.78 is 41.4. The second-order valence-corrected chi connectivity index (χ2v) is 7.11. The molecular weight excluding hydrogens is 421 g/mol. The molecule has 1 amide bonds. The maximum atomic E-state index is 12.8. The number of nitrogens with zero attached hydrogens (tertiary/aromatic N) is 4. The van der Waals surface area contributed by atoms with Gasteiger partial charge >= 0.3 is 6.18 Å². The van der Waals surface area contributed by atoms with E-state index in [1.165, 1.54) is 12.3 Å². The minimum absolute atomic E-state index is 0.154. The van der Waals surface area contributed by atoms with Crippen LogP contribution in [0.3, 0.4) is 0 Å². The van der Waals surface area contributed by atoms with Crippen molar-refractivity contribution in [3.05, 3.63) is 52.7 Å². The second-order valence-electron chi connectivity index (χ2n) is 6.71. The van der Waals surface area contributed by atoms with E-state index in [2.05, 4.69) is 20.7 Å². The third-order valence-corrected chi connectivity index (χ3v) is 4.84. The molecule has 0 unspecified atom stereocenters. The number of ether oxygens (including phenoxy) is 1. The highest BCUT2D eigenvalue weighted by atomic mass is 35.5. The lowest BCUT2D eigenvalue weighted by molar-refractivity contribution is -0.154. The van der Waals surface area contributed by atoms with Gasteiger partial charge in [-0.3, -0.25) is 4.79 Å². The Bertz CT molecular complexity index is 945. The number of amides is 1. The predicted octanol–water partition coefficient (Wildman–Crippen LogP) is 3.90. The minimum Gasteiger partial charge on any atom is -0.467 e. The number of anilines is 1. The lowest BCUT2D eigenvalue weighted by Gasteiger charge is -2.24. The quantitative estimate of drug-likeness (QED) is 0.724. The van der Waals surface area contributed by atoms with Crippen molar-refractivity contribution in [1.82, 2.24) is 9.88 Å². The van der Waals surface area contributed by atoms with Crippen molar-refractivity contribution in [2.75, 3.05) is 37.7 Å². The summed E-state index contributed by atoms with van der Waals surface area (Å²) in [5, 5.41) is 8.76. The fraction of sp³-hybridized carbons (Fsp3) is 0.350. The molecule has 1 aromatic carbocycles. The highest BCUT2D eigenvalue weighted by Crippen LogP contribution is 2.26. The van der Waals surface area contributed by atoms with Gasteiger partial charge in [-0.1, -0.05) is 11.6 Å². The average molecular weight is 439 g/mol. The van der Waals surface area contributed by atoms with E-state index in [0.717, 1.165) is 18.7 Å². The van der Waals surface area contributed by atoms with Gasteiger partial charge in [0.15, 0.2) is 6.61 Å². The lowest BCUT2D eigenvalue weighted by atomic mass is 10.2. The van der Waals surface area contributed by atoms with Crippen molar-refractivity contribution >= 4 is 23.2 Å². The molecule has 6 nitrogen and oxygen atoms in total. The van der Waals surface area contributed by atoms with Crippen LogP contribution in [0.2, 0.25) is 5.02 Å². The molecule has 10 heteroatoms. The fourth-order valence-corrected chi connectivity index (χ4v) is 3.33. The van der Waals surface area contributed by atoms with Crippen LogP contribution in [0.1, 0.15) is 22.3 Å². The Morgan fingerprint density at radius 1 is 1.20 bits per heavy atom. The number of benzene rings is 1. The van der Waals surface area contributed by atoms with E-state index in [1.807, 2.05) is 12.1 Å². The molecule has 0 radical (unpaired) electrons. The van der Waals surface area contributed by atoms with Crippen molar-refractivity contribution in [3.8, 4) is 11.9 Å². The number of hydrogen-bond acceptors (Lipinski definition) is 5. The van der Waals surface area contributed by atoms with E-state index in [0.29, 0.717) is 25.2 Å². The molecule has 3 rings (SSSR count). The molecule has 1 aliphatic heterocycles. The molecule has 158 valence electrons. The molecule has 2 aromatic rings. The van der Waals surface area contributed by atoms with Gasteiger partial charge in [-0.25, -0.2) is 4.98 Å². The zero-order valence-corrected chi connectivity index (χ0v) is 16.6. The molecule has 1 saturated heterocycles. The first kappa shape index (κ1) is 21.7. The van der Waals surface area contributed by atoms with Crippen LogP contribution in [0.15, 0.2) is 36.5 Å². The average Bonchev–Trinajstić information content (AvgIpc) is 2.98. The van der Waals surface area contributed by atoms with Gasteiger partial charge in [0.25, 0.3) is 5.91 Å². The third-order valence-electron chi connectivity index (χ3n) is 4.57. The first-order valence-electron chi connectivity index (χ1n) is 9.16. The number of nitriles is 1. The zero-order valence-electron chi connectivity index (χ0n) is 15.8. The first-order valence-corrected chi connectivity index (χ1v) is 9.54. The number of halogens is 4. The highest BCUT2D eigenvalue weighted by Gasteiger charge is 2.29. The molecular formula is C20H18ClF3N4O2. The SMILES string of the molecule is N#Cc1ccc(N2CCCN(C(=O)c3cnc(OCC(F)(F)F)c(Cl)c3)CC2)cc1. The molecule has 1 aliphatic rings. The molecule has 0 N–H and O–H groups in total. The standard InChI is InChI=1S/C20H18ClF3N4O2/c21-17-10-15(12-26-18(17)30-13-20(22,23)24)19(29)28-7-1-6-27(8-9-28)16-4-2-14(11-25)3-5-16/h2-5,10,12H,1,6-9,13H2. The topological polar surface area (TPSA) is 69.5 Å². The summed E-state index contributed by atoms with van der Waals surface area (Å²) in [6, 6.07) is 10.6. The van der Waals surface area contributed by atoms with Crippen LogP contribution in [0.25, 0.3) is 0 Å². The van der Waals surface area contributed by atoms with E-state index in [9.17, 15) is 18.0 Å². The van der Waals surface area contributed by atoms with Crippen LogP contribution in [0.4, 0.5) is 18.9 Å². The minimum atomic E-state index is -4.51. The number of carbonyl (C=O) groups excluding carboxylic acids is 1.